The van der Waals surface area contributed by atoms with Gasteiger partial charge in [0, 0.05) is 24.5 Å². The van der Waals surface area contributed by atoms with Gasteiger partial charge in [0.05, 0.1) is 0 Å². The lowest BCUT2D eigenvalue weighted by Crippen LogP contribution is -2.14. The monoisotopic (exact) mass is 278 g/mol. The van der Waals surface area contributed by atoms with E-state index < -0.39 is 11.9 Å². The highest BCUT2D eigenvalue weighted by Gasteiger charge is 2.04. The smallest absolute Gasteiger partial charge is 0.414 e. The molecule has 0 aromatic carbocycles. The Balaban J connectivity index is 0.000000286. The standard InChI is InChI=1S/C12H16N2.C2H2O4/c1-13(2)9-6-11-7-10-14-8-4-3-5-12(11)14;3-1(4)2(5)6/h3-5,7-8,10H,6,9H2,1-2H3;(H,3,4)(H,5,6). The molecule has 0 bridgehead atoms. The van der Waals surface area contributed by atoms with Gasteiger partial charge in [-0.1, -0.05) is 6.07 Å². The van der Waals surface area contributed by atoms with Crippen LogP contribution in [-0.4, -0.2) is 52.1 Å². The minimum absolute atomic E-state index is 1.11. The van der Waals surface area contributed by atoms with E-state index in [2.05, 4.69) is 60.1 Å². The Morgan fingerprint density at radius 1 is 1.10 bits per heavy atom. The maximum Gasteiger partial charge on any atom is 0.414 e. The normalized spacial score (nSPS) is 10.2. The van der Waals surface area contributed by atoms with Gasteiger partial charge >= 0.3 is 11.9 Å². The van der Waals surface area contributed by atoms with Crippen molar-refractivity contribution in [2.24, 2.45) is 0 Å². The fraction of sp³-hybridized carbons (Fsp3) is 0.286. The van der Waals surface area contributed by atoms with Gasteiger partial charge in [0.2, 0.25) is 0 Å². The Hall–Kier alpha value is -2.34. The second kappa shape index (κ2) is 7.30. The largest absolute Gasteiger partial charge is 0.473 e. The maximum absolute atomic E-state index is 9.10. The van der Waals surface area contributed by atoms with Crippen LogP contribution >= 0.6 is 0 Å². The third-order valence-electron chi connectivity index (χ3n) is 2.67. The molecule has 2 N–H and O–H groups in total. The molecule has 0 saturated carbocycles. The molecule has 2 heterocycles. The van der Waals surface area contributed by atoms with E-state index in [0.717, 1.165) is 13.0 Å². The predicted molar refractivity (Wildman–Crippen MR) is 74.9 cm³/mol. The van der Waals surface area contributed by atoms with Gasteiger partial charge in [-0.3, -0.25) is 0 Å². The molecule has 0 spiro atoms. The molecule has 2 aromatic heterocycles. The van der Waals surface area contributed by atoms with E-state index in [0.29, 0.717) is 0 Å². The van der Waals surface area contributed by atoms with E-state index in [4.69, 9.17) is 19.8 Å². The van der Waals surface area contributed by atoms with E-state index in [9.17, 15) is 0 Å². The van der Waals surface area contributed by atoms with Gasteiger partial charge in [-0.2, -0.15) is 0 Å². The number of fused-ring (bicyclic) bond motifs is 1. The first-order chi connectivity index (χ1) is 9.41. The van der Waals surface area contributed by atoms with Gasteiger partial charge in [0.15, 0.2) is 0 Å². The molecule has 108 valence electrons. The highest BCUT2D eigenvalue weighted by molar-refractivity contribution is 6.27. The van der Waals surface area contributed by atoms with E-state index in [1.165, 1.54) is 11.1 Å². The van der Waals surface area contributed by atoms with Crippen LogP contribution in [0.25, 0.3) is 5.52 Å². The van der Waals surface area contributed by atoms with Gasteiger partial charge in [-0.05, 0) is 44.3 Å². The molecule has 6 nitrogen and oxygen atoms in total. The third kappa shape index (κ3) is 4.74. The van der Waals surface area contributed by atoms with Crippen LogP contribution in [0.3, 0.4) is 0 Å². The summed E-state index contributed by atoms with van der Waals surface area (Å²) in [4.78, 5) is 20.4. The van der Waals surface area contributed by atoms with Crippen LogP contribution in [0.4, 0.5) is 0 Å². The number of carboxylic acid groups (broad SMARTS) is 2. The van der Waals surface area contributed by atoms with Crippen molar-refractivity contribution in [2.75, 3.05) is 20.6 Å². The van der Waals surface area contributed by atoms with Crippen molar-refractivity contribution in [1.29, 1.82) is 0 Å². The van der Waals surface area contributed by atoms with E-state index in [-0.39, 0.29) is 0 Å². The van der Waals surface area contributed by atoms with Crippen LogP contribution in [0.2, 0.25) is 0 Å². The third-order valence-corrected chi connectivity index (χ3v) is 2.67. The van der Waals surface area contributed by atoms with E-state index in [1.807, 2.05) is 0 Å². The van der Waals surface area contributed by atoms with Gasteiger partial charge in [-0.15, -0.1) is 0 Å². The second-order valence-electron chi connectivity index (χ2n) is 4.50. The number of aromatic nitrogens is 1. The average molecular weight is 278 g/mol. The molecule has 0 unspecified atom stereocenters. The highest BCUT2D eigenvalue weighted by atomic mass is 16.4. The number of nitrogens with zero attached hydrogens (tertiary/aromatic N) is 2. The molecule has 0 fully saturated rings. The summed E-state index contributed by atoms with van der Waals surface area (Å²) in [5, 5.41) is 14.8. The molecule has 0 radical (unpaired) electrons. The Labute approximate surface area is 116 Å². The molecule has 2 aromatic rings. The van der Waals surface area contributed by atoms with Crippen LogP contribution in [0.5, 0.6) is 0 Å². The number of likely N-dealkylation sites (N-methyl/N-ethyl adjacent to an activating group) is 1. The summed E-state index contributed by atoms with van der Waals surface area (Å²) in [6, 6.07) is 8.53. The summed E-state index contributed by atoms with van der Waals surface area (Å²) in [6.07, 6.45) is 5.34. The minimum Gasteiger partial charge on any atom is -0.473 e. The molecule has 0 aliphatic heterocycles. The first-order valence-corrected chi connectivity index (χ1v) is 6.07. The van der Waals surface area contributed by atoms with Gasteiger partial charge < -0.3 is 19.5 Å². The number of hydrogen-bond acceptors (Lipinski definition) is 3. The highest BCUT2D eigenvalue weighted by Crippen LogP contribution is 2.12. The number of carboxylic acids is 2. The molecule has 2 rings (SSSR count). The topological polar surface area (TPSA) is 82.2 Å². The van der Waals surface area contributed by atoms with Crippen molar-refractivity contribution in [3.63, 3.8) is 0 Å². The Morgan fingerprint density at radius 3 is 2.30 bits per heavy atom. The summed E-state index contributed by atoms with van der Waals surface area (Å²) in [6.45, 7) is 1.11. The number of carbonyl (C=O) groups is 2. The van der Waals surface area contributed by atoms with E-state index in [1.54, 1.807) is 0 Å². The zero-order chi connectivity index (χ0) is 15.1. The number of aliphatic carboxylic acids is 2. The Kier molecular flexibility index (Phi) is 5.74. The maximum atomic E-state index is 9.10. The quantitative estimate of drug-likeness (QED) is 0.824. The average Bonchev–Trinajstić information content (AvgIpc) is 2.80. The molecular formula is C14H18N2O4. The van der Waals surface area contributed by atoms with Crippen molar-refractivity contribution in [1.82, 2.24) is 9.30 Å². The zero-order valence-corrected chi connectivity index (χ0v) is 11.5. The molecule has 6 heteroatoms. The SMILES string of the molecule is CN(C)CCc1ccn2ccccc12.O=C(O)C(=O)O. The Bertz CT molecular complexity index is 578. The summed E-state index contributed by atoms with van der Waals surface area (Å²) < 4.78 is 2.17. The summed E-state index contributed by atoms with van der Waals surface area (Å²) in [5.41, 5.74) is 2.76. The lowest BCUT2D eigenvalue weighted by molar-refractivity contribution is -0.159. The van der Waals surface area contributed by atoms with E-state index >= 15 is 0 Å². The predicted octanol–water partition coefficient (Wildman–Crippen LogP) is 1.20. The van der Waals surface area contributed by atoms with Gasteiger partial charge in [0.1, 0.15) is 0 Å². The van der Waals surface area contributed by atoms with Crippen molar-refractivity contribution >= 4 is 17.5 Å². The summed E-state index contributed by atoms with van der Waals surface area (Å²) in [5.74, 6) is -3.65. The second-order valence-corrected chi connectivity index (χ2v) is 4.50. The summed E-state index contributed by atoms with van der Waals surface area (Å²) in [7, 11) is 4.22. The molecule has 0 saturated heterocycles. The van der Waals surface area contributed by atoms with Crippen LogP contribution in [0.1, 0.15) is 5.56 Å². The van der Waals surface area contributed by atoms with Crippen molar-refractivity contribution in [3.05, 3.63) is 42.2 Å². The molecule has 20 heavy (non-hydrogen) atoms. The molecule has 0 atom stereocenters. The van der Waals surface area contributed by atoms with Crippen LogP contribution in [0.15, 0.2) is 36.7 Å². The fourth-order valence-electron chi connectivity index (χ4n) is 1.67. The van der Waals surface area contributed by atoms with Crippen molar-refractivity contribution in [2.45, 2.75) is 6.42 Å². The first-order valence-electron chi connectivity index (χ1n) is 6.07. The van der Waals surface area contributed by atoms with Gasteiger partial charge in [-0.25, -0.2) is 9.59 Å². The molecule has 0 aliphatic carbocycles. The summed E-state index contributed by atoms with van der Waals surface area (Å²) >= 11 is 0. The van der Waals surface area contributed by atoms with Crippen molar-refractivity contribution < 1.29 is 19.8 Å². The van der Waals surface area contributed by atoms with Crippen LogP contribution < -0.4 is 0 Å². The lowest BCUT2D eigenvalue weighted by Gasteiger charge is -2.08. The first kappa shape index (κ1) is 15.7. The molecule has 0 aliphatic rings. The molecular weight excluding hydrogens is 260 g/mol. The number of rotatable bonds is 3. The fourth-order valence-corrected chi connectivity index (χ4v) is 1.67. The number of hydrogen-bond donors (Lipinski definition) is 2. The van der Waals surface area contributed by atoms with Gasteiger partial charge in [0.25, 0.3) is 0 Å². The van der Waals surface area contributed by atoms with Crippen LogP contribution in [-0.2, 0) is 16.0 Å². The minimum atomic E-state index is -1.82. The number of pyridine rings is 1. The lowest BCUT2D eigenvalue weighted by atomic mass is 10.2. The Morgan fingerprint density at radius 2 is 1.75 bits per heavy atom. The van der Waals surface area contributed by atoms with Crippen LogP contribution in [0, 0.1) is 0 Å². The zero-order valence-electron chi connectivity index (χ0n) is 11.5. The van der Waals surface area contributed by atoms with Crippen molar-refractivity contribution in [3.8, 4) is 0 Å². The molecule has 0 amide bonds.